The van der Waals surface area contributed by atoms with Crippen LogP contribution in [0.1, 0.15) is 13.8 Å². The summed E-state index contributed by atoms with van der Waals surface area (Å²) in [5.74, 6) is -0.935. The lowest BCUT2D eigenvalue weighted by molar-refractivity contribution is -0.132. The molecule has 0 aromatic rings. The van der Waals surface area contributed by atoms with Gasteiger partial charge in [-0.05, 0) is 20.5 Å². The number of aliphatic carboxylic acids is 1. The summed E-state index contributed by atoms with van der Waals surface area (Å²) in [6.07, 6.45) is 0. The van der Waals surface area contributed by atoms with Crippen molar-refractivity contribution in [2.45, 2.75) is 13.8 Å². The van der Waals surface area contributed by atoms with Gasteiger partial charge < -0.3 is 10.4 Å². The minimum Gasteiger partial charge on any atom is -0.478 e. The van der Waals surface area contributed by atoms with E-state index in [9.17, 15) is 4.79 Å². The monoisotopic (exact) mass is 289 g/mol. The lowest BCUT2D eigenvalue weighted by atomic mass is 10.4. The summed E-state index contributed by atoms with van der Waals surface area (Å²) in [5, 5.41) is 10.8. The van der Waals surface area contributed by atoms with E-state index in [1.165, 1.54) is 6.92 Å². The fourth-order valence-corrected chi connectivity index (χ4v) is 0. The Morgan fingerprint density at radius 1 is 1.29 bits per heavy atom. The molecule has 0 aliphatic heterocycles. The first-order valence-corrected chi connectivity index (χ1v) is 3.09. The molecule has 0 atom stereocenters. The van der Waals surface area contributed by atoms with E-state index in [0.29, 0.717) is 0 Å². The van der Waals surface area contributed by atoms with Crippen molar-refractivity contribution >= 4 is 55.6 Å². The molecule has 0 saturated heterocycles. The van der Waals surface area contributed by atoms with Gasteiger partial charge in [-0.15, -0.1) is 49.6 Å². The molecule has 0 heterocycles. The molecule has 0 rings (SSSR count). The Morgan fingerprint density at radius 3 is 1.43 bits per heavy atom. The molecule has 0 radical (unpaired) electrons. The second-order valence-electron chi connectivity index (χ2n) is 1.79. The minimum atomic E-state index is -0.935. The van der Waals surface area contributed by atoms with E-state index in [1.54, 1.807) is 0 Å². The summed E-state index contributed by atoms with van der Waals surface area (Å²) < 4.78 is 0. The van der Waals surface area contributed by atoms with Gasteiger partial charge in [0, 0.05) is 5.57 Å². The van der Waals surface area contributed by atoms with E-state index < -0.39 is 5.97 Å². The topological polar surface area (TPSA) is 49.3 Å². The van der Waals surface area contributed by atoms with E-state index in [-0.39, 0.29) is 55.2 Å². The summed E-state index contributed by atoms with van der Waals surface area (Å²) in [7, 11) is 1.93. The molecule has 2 N–H and O–H groups in total. The largest absolute Gasteiger partial charge is 0.478 e. The van der Waals surface area contributed by atoms with Crippen molar-refractivity contribution in [3.8, 4) is 0 Å². The summed E-state index contributed by atoms with van der Waals surface area (Å²) in [6, 6.07) is 0. The van der Waals surface area contributed by atoms with E-state index in [2.05, 4.69) is 18.8 Å². The maximum absolute atomic E-state index is 9.60. The van der Waals surface area contributed by atoms with Crippen molar-refractivity contribution in [1.29, 1.82) is 0 Å². The molecule has 0 fully saturated rings. The predicted octanol–water partition coefficient (Wildman–Crippen LogP) is 2.56. The maximum atomic E-state index is 9.60. The van der Waals surface area contributed by atoms with Crippen LogP contribution in [0.5, 0.6) is 0 Å². The fourth-order valence-electron chi connectivity index (χ4n) is 0. The van der Waals surface area contributed by atoms with Crippen molar-refractivity contribution in [2.24, 2.45) is 0 Å². The van der Waals surface area contributed by atoms with Crippen molar-refractivity contribution in [3.63, 3.8) is 0 Å². The third-order valence-electron chi connectivity index (χ3n) is 0.719. The first-order valence-electron chi connectivity index (χ1n) is 3.09. The standard InChI is InChI=1S/C4H6O2.C3H9N.4ClH/c1-3(2)4(5)6;1-3-4-2;;;;/h1H2,2H3,(H,5,6);4H,3H2,1-2H3;4*1H. The second-order valence-corrected chi connectivity index (χ2v) is 1.79. The van der Waals surface area contributed by atoms with Crippen LogP contribution in [-0.2, 0) is 4.79 Å². The first-order chi connectivity index (χ1) is 4.56. The number of carbonyl (C=O) groups is 1. The molecular weight excluding hydrogens is 272 g/mol. The fraction of sp³-hybridized carbons (Fsp3) is 0.571. The molecule has 0 aromatic carbocycles. The highest BCUT2D eigenvalue weighted by molar-refractivity contribution is 5.86. The van der Waals surface area contributed by atoms with Gasteiger partial charge in [0.2, 0.25) is 0 Å². The summed E-state index contributed by atoms with van der Waals surface area (Å²) in [5.41, 5.74) is 0.176. The number of hydrogen-bond acceptors (Lipinski definition) is 2. The van der Waals surface area contributed by atoms with Crippen LogP contribution in [0, 0.1) is 0 Å². The van der Waals surface area contributed by atoms with E-state index >= 15 is 0 Å². The lowest BCUT2D eigenvalue weighted by Crippen LogP contribution is -2.01. The highest BCUT2D eigenvalue weighted by atomic mass is 35.5. The van der Waals surface area contributed by atoms with Gasteiger partial charge in [-0.1, -0.05) is 13.5 Å². The normalized spacial score (nSPS) is 5.36. The van der Waals surface area contributed by atoms with Gasteiger partial charge in [0.05, 0.1) is 0 Å². The second kappa shape index (κ2) is 29.2. The van der Waals surface area contributed by atoms with Gasteiger partial charge in [0.25, 0.3) is 0 Å². The summed E-state index contributed by atoms with van der Waals surface area (Å²) in [6.45, 7) is 7.74. The molecule has 0 bridgehead atoms. The molecule has 0 aromatic heterocycles. The molecular formula is C7H19Cl4NO2. The highest BCUT2D eigenvalue weighted by Crippen LogP contribution is 1.81. The molecule has 3 nitrogen and oxygen atoms in total. The third-order valence-corrected chi connectivity index (χ3v) is 0.719. The number of carboxylic acids is 1. The maximum Gasteiger partial charge on any atom is 0.330 e. The van der Waals surface area contributed by atoms with Crippen molar-refractivity contribution in [2.75, 3.05) is 13.6 Å². The Kier molecular flexibility index (Phi) is 76.6. The zero-order chi connectivity index (χ0) is 8.57. The smallest absolute Gasteiger partial charge is 0.330 e. The Bertz CT molecular complexity index is 108. The van der Waals surface area contributed by atoms with Crippen LogP contribution in [0.4, 0.5) is 0 Å². The van der Waals surface area contributed by atoms with E-state index in [0.717, 1.165) is 6.54 Å². The van der Waals surface area contributed by atoms with Gasteiger partial charge in [-0.25, -0.2) is 4.79 Å². The Hall–Kier alpha value is 0.330. The average Bonchev–Trinajstić information content (AvgIpc) is 1.89. The summed E-state index contributed by atoms with van der Waals surface area (Å²) >= 11 is 0. The number of halogens is 4. The van der Waals surface area contributed by atoms with Gasteiger partial charge >= 0.3 is 5.97 Å². The van der Waals surface area contributed by atoms with Crippen molar-refractivity contribution in [1.82, 2.24) is 5.32 Å². The van der Waals surface area contributed by atoms with Gasteiger partial charge in [0.15, 0.2) is 0 Å². The molecule has 14 heavy (non-hydrogen) atoms. The number of hydrogen-bond donors (Lipinski definition) is 2. The average molecular weight is 291 g/mol. The van der Waals surface area contributed by atoms with Crippen LogP contribution in [-0.4, -0.2) is 24.7 Å². The predicted molar refractivity (Wildman–Crippen MR) is 71.0 cm³/mol. The molecule has 0 spiro atoms. The van der Waals surface area contributed by atoms with Crippen LogP contribution in [0.2, 0.25) is 0 Å². The third kappa shape index (κ3) is 55.7. The Labute approximate surface area is 110 Å². The van der Waals surface area contributed by atoms with Crippen LogP contribution in [0.3, 0.4) is 0 Å². The van der Waals surface area contributed by atoms with E-state index in [1.807, 2.05) is 7.05 Å². The quantitative estimate of drug-likeness (QED) is 0.769. The van der Waals surface area contributed by atoms with Crippen LogP contribution >= 0.6 is 49.6 Å². The molecule has 92 valence electrons. The number of rotatable bonds is 2. The Morgan fingerprint density at radius 2 is 1.43 bits per heavy atom. The highest BCUT2D eigenvalue weighted by Gasteiger charge is 1.90. The first kappa shape index (κ1) is 36.7. The zero-order valence-electron chi connectivity index (χ0n) is 8.40. The molecule has 0 aliphatic rings. The zero-order valence-corrected chi connectivity index (χ0v) is 11.7. The minimum absolute atomic E-state index is 0. The molecule has 0 saturated carbocycles. The van der Waals surface area contributed by atoms with Crippen LogP contribution in [0.25, 0.3) is 0 Å². The van der Waals surface area contributed by atoms with Gasteiger partial charge in [-0.3, -0.25) is 0 Å². The van der Waals surface area contributed by atoms with Crippen molar-refractivity contribution < 1.29 is 9.90 Å². The molecule has 0 aliphatic carbocycles. The number of carboxylic acid groups (broad SMARTS) is 1. The lowest BCUT2D eigenvalue weighted by Gasteiger charge is -1.79. The van der Waals surface area contributed by atoms with Crippen molar-refractivity contribution in [3.05, 3.63) is 12.2 Å². The molecule has 7 heteroatoms. The Balaban J connectivity index is -0.0000000185. The SMILES string of the molecule is C=C(C)C(=O)O.CCNC.Cl.Cl.Cl.Cl. The van der Waals surface area contributed by atoms with Crippen LogP contribution < -0.4 is 5.32 Å². The van der Waals surface area contributed by atoms with Gasteiger partial charge in [-0.2, -0.15) is 0 Å². The van der Waals surface area contributed by atoms with E-state index in [4.69, 9.17) is 5.11 Å². The van der Waals surface area contributed by atoms with Crippen LogP contribution in [0.15, 0.2) is 12.2 Å². The molecule has 0 amide bonds. The number of nitrogens with one attached hydrogen (secondary N) is 1. The molecule has 0 unspecified atom stereocenters. The van der Waals surface area contributed by atoms with Gasteiger partial charge in [0.1, 0.15) is 0 Å². The summed E-state index contributed by atoms with van der Waals surface area (Å²) in [4.78, 5) is 9.60.